The topological polar surface area (TPSA) is 68.3 Å². The molecule has 21 heavy (non-hydrogen) atoms. The molecule has 1 aromatic heterocycles. The smallest absolute Gasteiger partial charge is 0.330 e. The summed E-state index contributed by atoms with van der Waals surface area (Å²) in [7, 11) is 0. The van der Waals surface area contributed by atoms with Gasteiger partial charge in [-0.3, -0.25) is 9.78 Å². The zero-order valence-corrected chi connectivity index (χ0v) is 12.2. The van der Waals surface area contributed by atoms with Crippen molar-refractivity contribution in [2.24, 2.45) is 5.92 Å². The van der Waals surface area contributed by atoms with Gasteiger partial charge in [-0.2, -0.15) is 0 Å². The van der Waals surface area contributed by atoms with Gasteiger partial charge in [0.25, 0.3) is 5.91 Å². The summed E-state index contributed by atoms with van der Waals surface area (Å²) < 4.78 is 5.08. The summed E-state index contributed by atoms with van der Waals surface area (Å²) in [5, 5.41) is 2.69. The zero-order valence-electron chi connectivity index (χ0n) is 12.2. The lowest BCUT2D eigenvalue weighted by Crippen LogP contribution is -2.27. The summed E-state index contributed by atoms with van der Waals surface area (Å²) in [4.78, 5) is 27.2. The van der Waals surface area contributed by atoms with Crippen molar-refractivity contribution >= 4 is 11.9 Å². The van der Waals surface area contributed by atoms with Gasteiger partial charge in [-0.25, -0.2) is 4.79 Å². The van der Waals surface area contributed by atoms with Crippen molar-refractivity contribution in [2.45, 2.75) is 26.2 Å². The maximum Gasteiger partial charge on any atom is 0.330 e. The number of aromatic nitrogens is 1. The van der Waals surface area contributed by atoms with Crippen molar-refractivity contribution in [3.8, 4) is 0 Å². The number of hydrogen-bond acceptors (Lipinski definition) is 4. The second-order valence-corrected chi connectivity index (χ2v) is 5.31. The van der Waals surface area contributed by atoms with Crippen molar-refractivity contribution in [3.63, 3.8) is 0 Å². The number of allylic oxidation sites excluding steroid dienone is 1. The van der Waals surface area contributed by atoms with Crippen molar-refractivity contribution < 1.29 is 14.3 Å². The van der Waals surface area contributed by atoms with Crippen molar-refractivity contribution in [1.82, 2.24) is 10.3 Å². The highest BCUT2D eigenvalue weighted by molar-refractivity contribution is 5.93. The number of pyridine rings is 1. The Balaban J connectivity index is 1.66. The van der Waals surface area contributed by atoms with E-state index in [2.05, 4.69) is 17.2 Å². The van der Waals surface area contributed by atoms with E-state index in [1.54, 1.807) is 30.6 Å². The third-order valence-corrected chi connectivity index (χ3v) is 3.47. The van der Waals surface area contributed by atoms with Crippen LogP contribution in [0.1, 0.15) is 36.5 Å². The summed E-state index contributed by atoms with van der Waals surface area (Å²) >= 11 is 0. The number of esters is 1. The summed E-state index contributed by atoms with van der Waals surface area (Å²) in [6.45, 7) is 2.66. The molecule has 0 saturated heterocycles. The Kier molecular flexibility index (Phi) is 5.49. The first kappa shape index (κ1) is 15.2. The Hall–Kier alpha value is -2.17. The highest BCUT2D eigenvalue weighted by Crippen LogP contribution is 2.29. The Morgan fingerprint density at radius 2 is 2.19 bits per heavy atom. The van der Waals surface area contributed by atoms with E-state index in [1.165, 1.54) is 0 Å². The first-order chi connectivity index (χ1) is 10.1. The van der Waals surface area contributed by atoms with Gasteiger partial charge in [-0.05, 0) is 37.3 Å². The van der Waals surface area contributed by atoms with Crippen LogP contribution in [0, 0.1) is 5.92 Å². The quantitative estimate of drug-likeness (QED) is 0.512. The fourth-order valence-electron chi connectivity index (χ4n) is 2.34. The van der Waals surface area contributed by atoms with Crippen LogP contribution in [-0.4, -0.2) is 30.0 Å². The summed E-state index contributed by atoms with van der Waals surface area (Å²) in [6.07, 6.45) is 7.81. The molecular formula is C16H20N2O3. The van der Waals surface area contributed by atoms with E-state index < -0.39 is 0 Å². The van der Waals surface area contributed by atoms with Crippen molar-refractivity contribution in [3.05, 3.63) is 41.7 Å². The van der Waals surface area contributed by atoms with Crippen LogP contribution in [0.25, 0.3) is 0 Å². The largest absolute Gasteiger partial charge is 0.461 e. The molecule has 5 nitrogen and oxygen atoms in total. The lowest BCUT2D eigenvalue weighted by atomic mass is 10.1. The SMILES string of the molecule is CC1CC/C(=C\C(=O)OCCNC(=O)c2ccncc2)C1. The van der Waals surface area contributed by atoms with Gasteiger partial charge in [0.2, 0.25) is 0 Å². The van der Waals surface area contributed by atoms with Gasteiger partial charge < -0.3 is 10.1 Å². The van der Waals surface area contributed by atoms with E-state index in [1.807, 2.05) is 0 Å². The van der Waals surface area contributed by atoms with Gasteiger partial charge in [-0.1, -0.05) is 12.5 Å². The molecule has 1 aromatic rings. The molecule has 112 valence electrons. The fourth-order valence-corrected chi connectivity index (χ4v) is 2.34. The second kappa shape index (κ2) is 7.57. The number of carbonyl (C=O) groups is 2. The van der Waals surface area contributed by atoms with Crippen LogP contribution in [0.2, 0.25) is 0 Å². The van der Waals surface area contributed by atoms with Gasteiger partial charge in [0, 0.05) is 24.0 Å². The monoisotopic (exact) mass is 288 g/mol. The first-order valence-electron chi connectivity index (χ1n) is 7.19. The van der Waals surface area contributed by atoms with Gasteiger partial charge in [0.05, 0.1) is 6.54 Å². The molecule has 0 radical (unpaired) electrons. The van der Waals surface area contributed by atoms with Crippen LogP contribution in [0.15, 0.2) is 36.2 Å². The molecule has 0 bridgehead atoms. The summed E-state index contributed by atoms with van der Waals surface area (Å²) in [5.74, 6) is 0.136. The predicted octanol–water partition coefficient (Wildman–Crippen LogP) is 2.10. The van der Waals surface area contributed by atoms with Crippen LogP contribution in [0.5, 0.6) is 0 Å². The number of amides is 1. The molecule has 1 fully saturated rings. The number of carbonyl (C=O) groups excluding carboxylic acids is 2. The number of hydrogen-bond donors (Lipinski definition) is 1. The maximum absolute atomic E-state index is 11.7. The first-order valence-corrected chi connectivity index (χ1v) is 7.19. The molecule has 0 spiro atoms. The van der Waals surface area contributed by atoms with Gasteiger partial charge >= 0.3 is 5.97 Å². The van der Waals surface area contributed by atoms with Crippen LogP contribution >= 0.6 is 0 Å². The van der Waals surface area contributed by atoms with Crippen molar-refractivity contribution in [1.29, 1.82) is 0 Å². The van der Waals surface area contributed by atoms with E-state index in [0.29, 0.717) is 18.0 Å². The van der Waals surface area contributed by atoms with E-state index in [9.17, 15) is 9.59 Å². The van der Waals surface area contributed by atoms with E-state index in [-0.39, 0.29) is 18.5 Å². The molecule has 1 amide bonds. The number of nitrogens with one attached hydrogen (secondary N) is 1. The number of rotatable bonds is 5. The van der Waals surface area contributed by atoms with E-state index in [0.717, 1.165) is 24.8 Å². The molecule has 1 N–H and O–H groups in total. The number of ether oxygens (including phenoxy) is 1. The van der Waals surface area contributed by atoms with Crippen molar-refractivity contribution in [2.75, 3.05) is 13.2 Å². The van der Waals surface area contributed by atoms with Gasteiger partial charge in [-0.15, -0.1) is 0 Å². The van der Waals surface area contributed by atoms with Gasteiger partial charge in [0.15, 0.2) is 0 Å². The van der Waals surface area contributed by atoms with Crippen LogP contribution in [-0.2, 0) is 9.53 Å². The zero-order chi connectivity index (χ0) is 15.1. The Bertz CT molecular complexity index is 526. The lowest BCUT2D eigenvalue weighted by molar-refractivity contribution is -0.137. The second-order valence-electron chi connectivity index (χ2n) is 5.31. The molecule has 5 heteroatoms. The molecule has 1 saturated carbocycles. The molecule has 1 atom stereocenters. The minimum absolute atomic E-state index is 0.176. The normalized spacial score (nSPS) is 19.5. The Morgan fingerprint density at radius 1 is 1.43 bits per heavy atom. The fraction of sp³-hybridized carbons (Fsp3) is 0.438. The average Bonchev–Trinajstić information content (AvgIpc) is 2.89. The Morgan fingerprint density at radius 3 is 2.86 bits per heavy atom. The van der Waals surface area contributed by atoms with Crippen LogP contribution < -0.4 is 5.32 Å². The average molecular weight is 288 g/mol. The highest BCUT2D eigenvalue weighted by atomic mass is 16.5. The summed E-state index contributed by atoms with van der Waals surface area (Å²) in [5.41, 5.74) is 1.70. The molecule has 1 unspecified atom stereocenters. The minimum Gasteiger partial charge on any atom is -0.461 e. The van der Waals surface area contributed by atoms with Gasteiger partial charge in [0.1, 0.15) is 6.61 Å². The number of nitrogens with zero attached hydrogens (tertiary/aromatic N) is 1. The van der Waals surface area contributed by atoms with Crippen LogP contribution in [0.3, 0.4) is 0 Å². The Labute approximate surface area is 124 Å². The highest BCUT2D eigenvalue weighted by Gasteiger charge is 2.16. The lowest BCUT2D eigenvalue weighted by Gasteiger charge is -2.05. The molecule has 0 aliphatic heterocycles. The molecule has 1 aliphatic rings. The maximum atomic E-state index is 11.7. The molecule has 1 aliphatic carbocycles. The minimum atomic E-state index is -0.322. The molecule has 0 aromatic carbocycles. The van der Waals surface area contributed by atoms with Crippen LogP contribution in [0.4, 0.5) is 0 Å². The molecule has 2 rings (SSSR count). The summed E-state index contributed by atoms with van der Waals surface area (Å²) in [6, 6.07) is 3.26. The molecular weight excluding hydrogens is 268 g/mol. The third kappa shape index (κ3) is 5.02. The predicted molar refractivity (Wildman–Crippen MR) is 78.6 cm³/mol. The molecule has 1 heterocycles. The standard InChI is InChI=1S/C16H20N2O3/c1-12-2-3-13(10-12)11-15(19)21-9-8-18-16(20)14-4-6-17-7-5-14/h4-7,11-12H,2-3,8-10H2,1H3,(H,18,20)/b13-11+. The third-order valence-electron chi connectivity index (χ3n) is 3.47. The van der Waals surface area contributed by atoms with E-state index >= 15 is 0 Å². The van der Waals surface area contributed by atoms with E-state index in [4.69, 9.17) is 4.74 Å².